The molecule has 0 fully saturated rings. The molecule has 0 aliphatic carbocycles. The molecule has 1 aliphatic heterocycles. The normalized spacial score (nSPS) is 13.2. The Labute approximate surface area is 137 Å². The van der Waals surface area contributed by atoms with Gasteiger partial charge in [-0.25, -0.2) is 4.99 Å². The highest BCUT2D eigenvalue weighted by Crippen LogP contribution is 2.34. The van der Waals surface area contributed by atoms with Crippen molar-refractivity contribution in [1.82, 2.24) is 0 Å². The molecule has 0 N–H and O–H groups in total. The summed E-state index contributed by atoms with van der Waals surface area (Å²) in [5, 5.41) is 0.543. The molecule has 0 saturated carbocycles. The van der Waals surface area contributed by atoms with Crippen molar-refractivity contribution < 1.29 is 17.9 Å². The van der Waals surface area contributed by atoms with Crippen LogP contribution < -0.4 is 4.74 Å². The topological polar surface area (TPSA) is 21.6 Å². The lowest BCUT2D eigenvalue weighted by atomic mass is 10.1. The van der Waals surface area contributed by atoms with E-state index in [1.165, 1.54) is 12.1 Å². The van der Waals surface area contributed by atoms with Gasteiger partial charge in [0.1, 0.15) is 18.0 Å². The molecular formula is C17H15ClF3NO. The number of benzene rings is 2. The van der Waals surface area contributed by atoms with Crippen LogP contribution in [0.4, 0.5) is 18.9 Å². The maximum Gasteiger partial charge on any atom is 0.416 e. The molecule has 0 unspecified atom stereocenters. The Kier molecular flexibility index (Phi) is 5.31. The number of ether oxygens (including phenoxy) is 1. The Balaban J connectivity index is 0.000000924. The fourth-order valence-electron chi connectivity index (χ4n) is 2.02. The second-order valence-electron chi connectivity index (χ2n) is 4.53. The van der Waals surface area contributed by atoms with E-state index in [1.807, 2.05) is 13.8 Å². The van der Waals surface area contributed by atoms with Crippen molar-refractivity contribution in [2.45, 2.75) is 20.0 Å². The Morgan fingerprint density at radius 1 is 1.04 bits per heavy atom. The van der Waals surface area contributed by atoms with Crippen molar-refractivity contribution in [3.8, 4) is 5.75 Å². The lowest BCUT2D eigenvalue weighted by Gasteiger charge is -2.17. The molecular weight excluding hydrogens is 327 g/mol. The van der Waals surface area contributed by atoms with E-state index in [4.69, 9.17) is 16.3 Å². The van der Waals surface area contributed by atoms with Crippen LogP contribution in [-0.4, -0.2) is 12.3 Å². The van der Waals surface area contributed by atoms with Gasteiger partial charge in [0.05, 0.1) is 11.3 Å². The van der Waals surface area contributed by atoms with Gasteiger partial charge in [0.25, 0.3) is 0 Å². The van der Waals surface area contributed by atoms with Gasteiger partial charge in [-0.05, 0) is 29.8 Å². The molecule has 2 aromatic carbocycles. The molecule has 1 heterocycles. The first-order valence-corrected chi connectivity index (χ1v) is 7.49. The van der Waals surface area contributed by atoms with Crippen LogP contribution in [0.3, 0.4) is 0 Å². The number of halogens is 4. The molecule has 0 aromatic heterocycles. The quantitative estimate of drug-likeness (QED) is 0.633. The van der Waals surface area contributed by atoms with Crippen molar-refractivity contribution in [2.24, 2.45) is 4.99 Å². The van der Waals surface area contributed by atoms with Crippen LogP contribution >= 0.6 is 11.6 Å². The fraction of sp³-hybridized carbons (Fsp3) is 0.235. The van der Waals surface area contributed by atoms with E-state index in [2.05, 4.69) is 4.99 Å². The summed E-state index contributed by atoms with van der Waals surface area (Å²) >= 11 is 5.86. The minimum absolute atomic E-state index is 0.193. The van der Waals surface area contributed by atoms with Gasteiger partial charge in [-0.1, -0.05) is 37.6 Å². The summed E-state index contributed by atoms with van der Waals surface area (Å²) in [6.07, 6.45) is -4.34. The van der Waals surface area contributed by atoms with Crippen molar-refractivity contribution >= 4 is 23.0 Å². The van der Waals surface area contributed by atoms with Gasteiger partial charge in [-0.3, -0.25) is 0 Å². The van der Waals surface area contributed by atoms with E-state index >= 15 is 0 Å². The number of hydrogen-bond donors (Lipinski definition) is 0. The van der Waals surface area contributed by atoms with Crippen molar-refractivity contribution in [3.63, 3.8) is 0 Å². The summed E-state index contributed by atoms with van der Waals surface area (Å²) in [6, 6.07) is 9.91. The first-order chi connectivity index (χ1) is 10.9. The number of alkyl halides is 3. The summed E-state index contributed by atoms with van der Waals surface area (Å²) in [4.78, 5) is 4.40. The van der Waals surface area contributed by atoms with Gasteiger partial charge >= 0.3 is 6.18 Å². The Morgan fingerprint density at radius 3 is 2.30 bits per heavy atom. The molecule has 1 aliphatic rings. The first-order valence-electron chi connectivity index (χ1n) is 7.11. The average molecular weight is 342 g/mol. The van der Waals surface area contributed by atoms with Gasteiger partial charge in [0.15, 0.2) is 0 Å². The predicted molar refractivity (Wildman–Crippen MR) is 85.9 cm³/mol. The molecule has 23 heavy (non-hydrogen) atoms. The van der Waals surface area contributed by atoms with Crippen LogP contribution in [0.5, 0.6) is 5.75 Å². The molecule has 0 spiro atoms. The Morgan fingerprint density at radius 2 is 1.70 bits per heavy atom. The highest BCUT2D eigenvalue weighted by atomic mass is 35.5. The van der Waals surface area contributed by atoms with Crippen LogP contribution in [0.15, 0.2) is 47.5 Å². The van der Waals surface area contributed by atoms with Gasteiger partial charge in [-0.15, -0.1) is 0 Å². The van der Waals surface area contributed by atoms with Crippen LogP contribution in [0.2, 0.25) is 5.02 Å². The summed E-state index contributed by atoms with van der Waals surface area (Å²) < 4.78 is 43.1. The summed E-state index contributed by atoms with van der Waals surface area (Å²) in [6.45, 7) is 4.19. The number of aliphatic imine (C=N–C) groups is 1. The molecule has 3 rings (SSSR count). The van der Waals surface area contributed by atoms with E-state index < -0.39 is 11.7 Å². The largest absolute Gasteiger partial charge is 0.485 e. The zero-order chi connectivity index (χ0) is 17.0. The first kappa shape index (κ1) is 17.3. The van der Waals surface area contributed by atoms with E-state index in [0.717, 1.165) is 12.1 Å². The maximum atomic E-state index is 12.5. The third-order valence-corrected chi connectivity index (χ3v) is 3.32. The third kappa shape index (κ3) is 4.05. The standard InChI is InChI=1S/C15H9ClF3NO.C2H6/c16-11-5-6-12-14(7-11)21-8-13(20-12)9-1-3-10(4-2-9)15(17,18)19;1-2/h1-7H,8H2;1-2H3. The molecule has 0 bridgehead atoms. The zero-order valence-corrected chi connectivity index (χ0v) is 13.4. The smallest absolute Gasteiger partial charge is 0.416 e. The fourth-order valence-corrected chi connectivity index (χ4v) is 2.18. The molecule has 0 amide bonds. The van der Waals surface area contributed by atoms with Crippen molar-refractivity contribution in [3.05, 3.63) is 58.6 Å². The average Bonchev–Trinajstić information content (AvgIpc) is 2.55. The molecule has 0 atom stereocenters. The molecule has 122 valence electrons. The van der Waals surface area contributed by atoms with Crippen molar-refractivity contribution in [1.29, 1.82) is 0 Å². The van der Waals surface area contributed by atoms with Crippen LogP contribution in [-0.2, 0) is 6.18 Å². The predicted octanol–water partition coefficient (Wildman–Crippen LogP) is 5.90. The number of fused-ring (bicyclic) bond motifs is 1. The third-order valence-electron chi connectivity index (χ3n) is 3.09. The van der Waals surface area contributed by atoms with Gasteiger partial charge in [-0.2, -0.15) is 13.2 Å². The van der Waals surface area contributed by atoms with Crippen LogP contribution in [0.25, 0.3) is 0 Å². The molecule has 0 saturated heterocycles. The van der Waals surface area contributed by atoms with Gasteiger partial charge < -0.3 is 4.74 Å². The monoisotopic (exact) mass is 341 g/mol. The van der Waals surface area contributed by atoms with Crippen LogP contribution in [0.1, 0.15) is 25.0 Å². The number of hydrogen-bond acceptors (Lipinski definition) is 2. The maximum absolute atomic E-state index is 12.5. The SMILES string of the molecule is CC.FC(F)(F)c1ccc(C2=Nc3ccc(Cl)cc3OC2)cc1. The molecule has 6 heteroatoms. The van der Waals surface area contributed by atoms with E-state index in [9.17, 15) is 13.2 Å². The number of nitrogens with zero attached hydrogens (tertiary/aromatic N) is 1. The van der Waals surface area contributed by atoms with Crippen LogP contribution in [0, 0.1) is 0 Å². The second-order valence-corrected chi connectivity index (χ2v) is 4.97. The number of rotatable bonds is 1. The highest BCUT2D eigenvalue weighted by molar-refractivity contribution is 6.30. The van der Waals surface area contributed by atoms with Gasteiger partial charge in [0, 0.05) is 11.1 Å². The Bertz CT molecular complexity index is 709. The zero-order valence-electron chi connectivity index (χ0n) is 12.6. The second kappa shape index (κ2) is 7.04. The minimum atomic E-state index is -4.34. The van der Waals surface area contributed by atoms with E-state index in [1.54, 1.807) is 18.2 Å². The lowest BCUT2D eigenvalue weighted by Crippen LogP contribution is -2.16. The molecule has 2 aromatic rings. The summed E-state index contributed by atoms with van der Waals surface area (Å²) in [5.41, 5.74) is 1.11. The Hall–Kier alpha value is -2.01. The van der Waals surface area contributed by atoms with Gasteiger partial charge in [0.2, 0.25) is 0 Å². The minimum Gasteiger partial charge on any atom is -0.485 e. The summed E-state index contributed by atoms with van der Waals surface area (Å²) in [7, 11) is 0. The highest BCUT2D eigenvalue weighted by Gasteiger charge is 2.30. The molecule has 0 radical (unpaired) electrons. The summed E-state index contributed by atoms with van der Waals surface area (Å²) in [5.74, 6) is 0.568. The van der Waals surface area contributed by atoms with E-state index in [-0.39, 0.29) is 6.61 Å². The molecule has 2 nitrogen and oxygen atoms in total. The van der Waals surface area contributed by atoms with E-state index in [0.29, 0.717) is 27.7 Å². The lowest BCUT2D eigenvalue weighted by molar-refractivity contribution is -0.137. The van der Waals surface area contributed by atoms with Crippen molar-refractivity contribution in [2.75, 3.05) is 6.61 Å².